The molecule has 0 atom stereocenters. The zero-order valence-electron chi connectivity index (χ0n) is 57.8. The molecular formula is C90H90F5S5. The third-order valence-corrected chi connectivity index (χ3v) is 16.3. The van der Waals surface area contributed by atoms with E-state index in [0.29, 0.717) is 0 Å². The molecule has 10 heteroatoms. The summed E-state index contributed by atoms with van der Waals surface area (Å²) in [5.41, 5.74) is 17.3. The van der Waals surface area contributed by atoms with Gasteiger partial charge < -0.3 is 0 Å². The van der Waals surface area contributed by atoms with Crippen molar-refractivity contribution in [3.05, 3.63) is 326 Å². The van der Waals surface area contributed by atoms with Crippen LogP contribution in [0.15, 0.2) is 267 Å². The SMILES string of the molecule is CCCCc1ccc(C#Cc2ccc([S])cc2)cc1.CCCCc1ccc(C#Cc2ccc([S])cc2)cc1.CCCCc1ccc(C#Cc2ccc([S])cc2)cc1.CCCCc1ccc(C#Cc2ccc([S])cc2)cc1.CCCCc1ccc(C#Cc2ccc([S])cc2)cc1.F.F.F.F.F. The Hall–Kier alpha value is -9.25. The summed E-state index contributed by atoms with van der Waals surface area (Å²) in [6.07, 6.45) is 18.2. The number of benzene rings is 10. The quantitative estimate of drug-likeness (QED) is 0.0709. The van der Waals surface area contributed by atoms with Crippen LogP contribution < -0.4 is 0 Å². The molecule has 100 heavy (non-hydrogen) atoms. The lowest BCUT2D eigenvalue weighted by Gasteiger charge is -1.99. The molecule has 0 nitrogen and oxygen atoms in total. The van der Waals surface area contributed by atoms with Crippen LogP contribution >= 0.6 is 63.1 Å². The highest BCUT2D eigenvalue weighted by atomic mass is 32.1. The minimum Gasteiger partial charge on any atom is -0.269 e. The molecule has 0 bridgehead atoms. The molecule has 0 amide bonds. The van der Waals surface area contributed by atoms with Crippen molar-refractivity contribution in [1.29, 1.82) is 0 Å². The molecule has 5 radical (unpaired) electrons. The lowest BCUT2D eigenvalue weighted by atomic mass is 10.1. The smallest absolute Gasteiger partial charge is 0.0377 e. The summed E-state index contributed by atoms with van der Waals surface area (Å²) < 4.78 is 0. The first-order chi connectivity index (χ1) is 46.4. The Bertz CT molecular complexity index is 3510. The van der Waals surface area contributed by atoms with Gasteiger partial charge in [-0.25, -0.2) is 0 Å². The van der Waals surface area contributed by atoms with E-state index in [0.717, 1.165) is 112 Å². The highest BCUT2D eigenvalue weighted by Crippen LogP contribution is 2.16. The molecule has 10 aromatic carbocycles. The summed E-state index contributed by atoms with van der Waals surface area (Å²) in [5.74, 6) is 31.7. The fraction of sp³-hybridized carbons (Fsp3) is 0.222. The van der Waals surface area contributed by atoms with E-state index in [1.165, 1.54) is 92.0 Å². The standard InChI is InChI=1S/5C18H17S.5FH/c5*1-2-3-4-15-5-7-16(8-6-15)9-10-17-11-13-18(19)14-12-17;;;;;/h5*5-8,11-14H,2-4H2,1H3;5*1H. The van der Waals surface area contributed by atoms with Crippen molar-refractivity contribution in [3.8, 4) is 59.2 Å². The monoisotopic (exact) mass is 1430 g/mol. The van der Waals surface area contributed by atoms with Gasteiger partial charge in [0.15, 0.2) is 0 Å². The van der Waals surface area contributed by atoms with Crippen LogP contribution in [0.5, 0.6) is 0 Å². The van der Waals surface area contributed by atoms with Gasteiger partial charge in [-0.05, 0) is 274 Å². The van der Waals surface area contributed by atoms with Gasteiger partial charge in [0.1, 0.15) is 0 Å². The van der Waals surface area contributed by atoms with Crippen LogP contribution in [-0.4, -0.2) is 0 Å². The van der Waals surface area contributed by atoms with Crippen molar-refractivity contribution in [1.82, 2.24) is 0 Å². The zero-order chi connectivity index (χ0) is 67.5. The third kappa shape index (κ3) is 37.1. The van der Waals surface area contributed by atoms with Gasteiger partial charge in [-0.2, -0.15) is 0 Å². The average Bonchev–Trinajstić information content (AvgIpc) is 1.06. The predicted molar refractivity (Wildman–Crippen MR) is 429 cm³/mol. The van der Waals surface area contributed by atoms with Crippen LogP contribution in [0.1, 0.15) is 182 Å². The minimum atomic E-state index is 0. The van der Waals surface area contributed by atoms with E-state index in [4.69, 9.17) is 63.1 Å². The molecule has 0 saturated carbocycles. The highest BCUT2D eigenvalue weighted by Gasteiger charge is 1.99. The van der Waals surface area contributed by atoms with Gasteiger partial charge in [-0.3, -0.25) is 23.5 Å². The number of rotatable bonds is 15. The molecule has 0 aliphatic carbocycles. The van der Waals surface area contributed by atoms with Crippen LogP contribution in [0.2, 0.25) is 0 Å². The highest BCUT2D eigenvalue weighted by molar-refractivity contribution is 7.81. The van der Waals surface area contributed by atoms with Gasteiger partial charge in [0.2, 0.25) is 0 Å². The molecule has 0 aromatic heterocycles. The fourth-order valence-electron chi connectivity index (χ4n) is 9.09. The summed E-state index contributed by atoms with van der Waals surface area (Å²) >= 11 is 25.3. The Morgan fingerprint density at radius 1 is 0.170 bits per heavy atom. The van der Waals surface area contributed by atoms with Crippen molar-refractivity contribution < 1.29 is 23.5 Å². The van der Waals surface area contributed by atoms with Gasteiger partial charge in [0, 0.05) is 80.1 Å². The maximum Gasteiger partial charge on any atom is 0.0377 e. The van der Waals surface area contributed by atoms with E-state index >= 15 is 0 Å². The van der Waals surface area contributed by atoms with Gasteiger partial charge >= 0.3 is 0 Å². The van der Waals surface area contributed by atoms with Gasteiger partial charge in [0.25, 0.3) is 0 Å². The maximum absolute atomic E-state index is 5.05. The number of hydrogen-bond donors (Lipinski definition) is 0. The zero-order valence-corrected chi connectivity index (χ0v) is 61.9. The van der Waals surface area contributed by atoms with Gasteiger partial charge in [0.05, 0.1) is 0 Å². The van der Waals surface area contributed by atoms with Crippen molar-refractivity contribution >= 4 is 63.1 Å². The summed E-state index contributed by atoms with van der Waals surface area (Å²) in [5, 5.41) is 0. The second-order valence-electron chi connectivity index (χ2n) is 22.9. The molecule has 0 aliphatic heterocycles. The van der Waals surface area contributed by atoms with Gasteiger partial charge in [-0.1, -0.05) is 250 Å². The average molecular weight is 1430 g/mol. The largest absolute Gasteiger partial charge is 0.269 e. The van der Waals surface area contributed by atoms with E-state index in [2.05, 4.69) is 215 Å². The molecule has 515 valence electrons. The topological polar surface area (TPSA) is 0 Å². The Labute approximate surface area is 622 Å². The Morgan fingerprint density at radius 3 is 0.370 bits per heavy atom. The normalized spacial score (nSPS) is 9.25. The first-order valence-corrected chi connectivity index (χ1v) is 35.3. The molecule has 0 saturated heterocycles. The molecule has 0 heterocycles. The Kier molecular flexibility index (Phi) is 46.8. The van der Waals surface area contributed by atoms with Crippen molar-refractivity contribution in [2.75, 3.05) is 0 Å². The summed E-state index contributed by atoms with van der Waals surface area (Å²) in [4.78, 5) is 4.26. The molecule has 0 N–H and O–H groups in total. The maximum atomic E-state index is 5.05. The predicted octanol–water partition coefficient (Wildman–Crippen LogP) is 25.7. The first-order valence-electron chi connectivity index (χ1n) is 33.3. The second kappa shape index (κ2) is 52.8. The first kappa shape index (κ1) is 88.8. The molecule has 0 spiro atoms. The summed E-state index contributed by atoms with van der Waals surface area (Å²) in [7, 11) is 0. The van der Waals surface area contributed by atoms with Crippen LogP contribution in [0.4, 0.5) is 23.5 Å². The van der Waals surface area contributed by atoms with Crippen LogP contribution in [0.25, 0.3) is 0 Å². The van der Waals surface area contributed by atoms with E-state index in [9.17, 15) is 0 Å². The second-order valence-corrected chi connectivity index (χ2v) is 25.2. The lowest BCUT2D eigenvalue weighted by molar-refractivity contribution is 0.795. The van der Waals surface area contributed by atoms with Crippen molar-refractivity contribution in [2.45, 2.75) is 155 Å². The molecule has 0 unspecified atom stereocenters. The van der Waals surface area contributed by atoms with Crippen LogP contribution in [0.3, 0.4) is 0 Å². The van der Waals surface area contributed by atoms with Crippen LogP contribution in [0, 0.1) is 59.2 Å². The van der Waals surface area contributed by atoms with E-state index in [1.54, 1.807) is 0 Å². The Morgan fingerprint density at radius 2 is 0.270 bits per heavy atom. The molecule has 10 rings (SSSR count). The van der Waals surface area contributed by atoms with E-state index < -0.39 is 0 Å². The van der Waals surface area contributed by atoms with Crippen molar-refractivity contribution in [3.63, 3.8) is 0 Å². The summed E-state index contributed by atoms with van der Waals surface area (Å²) in [6.45, 7) is 11.1. The number of halogens is 5. The van der Waals surface area contributed by atoms with E-state index in [-0.39, 0.29) is 23.5 Å². The molecule has 10 aromatic rings. The minimum absolute atomic E-state index is 0. The third-order valence-electron chi connectivity index (χ3n) is 14.9. The molecule has 0 fully saturated rings. The molecule has 0 aliphatic rings. The van der Waals surface area contributed by atoms with Gasteiger partial charge in [-0.15, -0.1) is 0 Å². The number of aryl methyl sites for hydroxylation is 5. The Balaban J connectivity index is 0.000000617. The lowest BCUT2D eigenvalue weighted by Crippen LogP contribution is -1.84. The number of hydrogen-bond acceptors (Lipinski definition) is 0. The van der Waals surface area contributed by atoms with E-state index in [1.807, 2.05) is 121 Å². The van der Waals surface area contributed by atoms with Crippen LogP contribution in [-0.2, 0) is 32.1 Å². The fourth-order valence-corrected chi connectivity index (χ4v) is 9.77. The molecular weight excluding hydrogens is 1340 g/mol. The summed E-state index contributed by atoms with van der Waals surface area (Å²) in [6, 6.07) is 81.4. The van der Waals surface area contributed by atoms with Crippen molar-refractivity contribution in [2.24, 2.45) is 0 Å². The number of unbranched alkanes of at least 4 members (excludes halogenated alkanes) is 5.